The molecule has 1 fully saturated rings. The van der Waals surface area contributed by atoms with Crippen LogP contribution in [-0.4, -0.2) is 64.8 Å². The summed E-state index contributed by atoms with van der Waals surface area (Å²) in [5.74, 6) is 0.158. The molecule has 1 aromatic carbocycles. The van der Waals surface area contributed by atoms with E-state index < -0.39 is 18.6 Å². The molecule has 2 aliphatic rings. The number of hydrogen-bond donors (Lipinski definition) is 0. The zero-order valence-electron chi connectivity index (χ0n) is 17.6. The SMILES string of the molecule is CC(C)N1CCC(Oc2ccc3c(c2)cc2n3[C@H](C)CN(CC(F)(F)F)C2=O)CC1. The van der Waals surface area contributed by atoms with Gasteiger partial charge >= 0.3 is 6.18 Å². The van der Waals surface area contributed by atoms with E-state index in [2.05, 4.69) is 18.7 Å². The van der Waals surface area contributed by atoms with Crippen LogP contribution in [0.4, 0.5) is 13.2 Å². The molecule has 1 atom stereocenters. The quantitative estimate of drug-likeness (QED) is 0.728. The first-order valence-electron chi connectivity index (χ1n) is 10.5. The van der Waals surface area contributed by atoms with E-state index >= 15 is 0 Å². The molecule has 0 unspecified atom stereocenters. The summed E-state index contributed by atoms with van der Waals surface area (Å²) >= 11 is 0. The van der Waals surface area contributed by atoms with Crippen LogP contribution in [0.15, 0.2) is 24.3 Å². The third-order valence-corrected chi connectivity index (χ3v) is 6.12. The Balaban J connectivity index is 1.54. The Morgan fingerprint density at radius 2 is 1.87 bits per heavy atom. The second-order valence-electron chi connectivity index (χ2n) is 8.72. The summed E-state index contributed by atoms with van der Waals surface area (Å²) in [5, 5.41) is 0.816. The van der Waals surface area contributed by atoms with Crippen LogP contribution in [0.1, 0.15) is 50.1 Å². The molecule has 0 radical (unpaired) electrons. The maximum atomic E-state index is 12.8. The molecule has 0 bridgehead atoms. The molecular formula is C22H28F3N3O2. The lowest BCUT2D eigenvalue weighted by Gasteiger charge is -2.34. The standard InChI is InChI=1S/C22H28F3N3O2/c1-14(2)26-8-6-17(7-9-26)30-18-4-5-19-16(10-18)11-20-21(29)27(13-22(23,24)25)12-15(3)28(19)20/h4-5,10-11,14-15,17H,6-9,12-13H2,1-3H3/t15-/m1/s1. The minimum absolute atomic E-state index is 0.0435. The smallest absolute Gasteiger partial charge is 0.406 e. The second kappa shape index (κ2) is 7.80. The molecule has 5 nitrogen and oxygen atoms in total. The Morgan fingerprint density at radius 1 is 1.17 bits per heavy atom. The third kappa shape index (κ3) is 4.15. The molecule has 1 amide bonds. The molecule has 0 spiro atoms. The van der Waals surface area contributed by atoms with Gasteiger partial charge in [0.1, 0.15) is 24.1 Å². The highest BCUT2D eigenvalue weighted by Crippen LogP contribution is 2.33. The summed E-state index contributed by atoms with van der Waals surface area (Å²) in [5.41, 5.74) is 1.15. The lowest BCUT2D eigenvalue weighted by atomic mass is 10.1. The van der Waals surface area contributed by atoms with Crippen molar-refractivity contribution in [1.82, 2.24) is 14.4 Å². The molecule has 30 heavy (non-hydrogen) atoms. The molecule has 2 aromatic rings. The summed E-state index contributed by atoms with van der Waals surface area (Å²) in [6, 6.07) is 7.68. The van der Waals surface area contributed by atoms with E-state index in [1.54, 1.807) is 6.07 Å². The lowest BCUT2D eigenvalue weighted by Crippen LogP contribution is -2.46. The van der Waals surface area contributed by atoms with E-state index in [1.165, 1.54) is 0 Å². The first-order chi connectivity index (χ1) is 14.1. The predicted molar refractivity (Wildman–Crippen MR) is 109 cm³/mol. The normalized spacial score (nSPS) is 21.5. The molecular weight excluding hydrogens is 395 g/mol. The molecule has 1 saturated heterocycles. The average Bonchev–Trinajstić information content (AvgIpc) is 3.04. The summed E-state index contributed by atoms with van der Waals surface area (Å²) in [6.45, 7) is 7.07. The van der Waals surface area contributed by atoms with Gasteiger partial charge in [0.25, 0.3) is 5.91 Å². The van der Waals surface area contributed by atoms with Gasteiger partial charge in [-0.1, -0.05) is 0 Å². The van der Waals surface area contributed by atoms with Crippen molar-refractivity contribution in [2.24, 2.45) is 0 Å². The van der Waals surface area contributed by atoms with Gasteiger partial charge in [-0.3, -0.25) is 4.79 Å². The van der Waals surface area contributed by atoms with Crippen molar-refractivity contribution >= 4 is 16.8 Å². The largest absolute Gasteiger partial charge is 0.490 e. The van der Waals surface area contributed by atoms with Crippen LogP contribution < -0.4 is 4.74 Å². The number of ether oxygens (including phenoxy) is 1. The van der Waals surface area contributed by atoms with Crippen molar-refractivity contribution < 1.29 is 22.7 Å². The Kier molecular flexibility index (Phi) is 5.46. The summed E-state index contributed by atoms with van der Waals surface area (Å²) in [6.07, 6.45) is -2.33. The first-order valence-corrected chi connectivity index (χ1v) is 10.5. The lowest BCUT2D eigenvalue weighted by molar-refractivity contribution is -0.142. The van der Waals surface area contributed by atoms with E-state index in [-0.39, 0.29) is 18.7 Å². The van der Waals surface area contributed by atoms with E-state index in [1.807, 2.05) is 29.7 Å². The minimum atomic E-state index is -4.41. The average molecular weight is 423 g/mol. The summed E-state index contributed by atoms with van der Waals surface area (Å²) in [4.78, 5) is 16.0. The number of fused-ring (bicyclic) bond motifs is 3. The third-order valence-electron chi connectivity index (χ3n) is 6.12. The van der Waals surface area contributed by atoms with Crippen LogP contribution in [-0.2, 0) is 0 Å². The Hall–Kier alpha value is -2.22. The van der Waals surface area contributed by atoms with E-state index in [4.69, 9.17) is 4.74 Å². The number of hydrogen-bond acceptors (Lipinski definition) is 3. The van der Waals surface area contributed by atoms with Gasteiger partial charge in [-0.25, -0.2) is 0 Å². The zero-order valence-corrected chi connectivity index (χ0v) is 17.6. The number of piperidine rings is 1. The van der Waals surface area contributed by atoms with Gasteiger partial charge in [0, 0.05) is 42.6 Å². The Bertz CT molecular complexity index is 930. The number of benzene rings is 1. The fourth-order valence-corrected chi connectivity index (χ4v) is 4.63. The number of carbonyl (C=O) groups excluding carboxylic acids is 1. The van der Waals surface area contributed by atoms with Gasteiger partial charge in [-0.05, 0) is 57.9 Å². The van der Waals surface area contributed by atoms with Gasteiger partial charge in [-0.2, -0.15) is 13.2 Å². The van der Waals surface area contributed by atoms with Gasteiger partial charge in [-0.15, -0.1) is 0 Å². The van der Waals surface area contributed by atoms with Crippen LogP contribution >= 0.6 is 0 Å². The zero-order chi connectivity index (χ0) is 21.6. The van der Waals surface area contributed by atoms with Crippen molar-refractivity contribution in [3.63, 3.8) is 0 Å². The van der Waals surface area contributed by atoms with Crippen LogP contribution in [0.2, 0.25) is 0 Å². The molecule has 0 saturated carbocycles. The highest BCUT2D eigenvalue weighted by Gasteiger charge is 2.38. The van der Waals surface area contributed by atoms with Crippen molar-refractivity contribution in [2.75, 3.05) is 26.2 Å². The van der Waals surface area contributed by atoms with Crippen molar-refractivity contribution in [3.05, 3.63) is 30.0 Å². The van der Waals surface area contributed by atoms with Crippen molar-refractivity contribution in [3.8, 4) is 5.75 Å². The predicted octanol–water partition coefficient (Wildman–Crippen LogP) is 4.47. The Morgan fingerprint density at radius 3 is 2.50 bits per heavy atom. The maximum absolute atomic E-state index is 12.8. The van der Waals surface area contributed by atoms with Crippen molar-refractivity contribution in [1.29, 1.82) is 0 Å². The Labute approximate surface area is 174 Å². The van der Waals surface area contributed by atoms with Gasteiger partial charge in [0.15, 0.2) is 0 Å². The molecule has 0 N–H and O–H groups in total. The summed E-state index contributed by atoms with van der Waals surface area (Å²) < 4.78 is 46.6. The molecule has 0 aliphatic carbocycles. The van der Waals surface area contributed by atoms with E-state index in [0.717, 1.165) is 47.5 Å². The number of amides is 1. The number of nitrogens with zero attached hydrogens (tertiary/aromatic N) is 3. The van der Waals surface area contributed by atoms with E-state index in [9.17, 15) is 18.0 Å². The second-order valence-corrected chi connectivity index (χ2v) is 8.72. The van der Waals surface area contributed by atoms with Crippen LogP contribution in [0.25, 0.3) is 10.9 Å². The molecule has 4 rings (SSSR count). The van der Waals surface area contributed by atoms with Crippen molar-refractivity contribution in [2.45, 2.75) is 58.0 Å². The van der Waals surface area contributed by atoms with Crippen LogP contribution in [0, 0.1) is 0 Å². The molecule has 1 aromatic heterocycles. The van der Waals surface area contributed by atoms with Gasteiger partial charge in [0.05, 0.1) is 0 Å². The highest BCUT2D eigenvalue weighted by atomic mass is 19.4. The highest BCUT2D eigenvalue weighted by molar-refractivity contribution is 6.00. The van der Waals surface area contributed by atoms with Gasteiger partial charge < -0.3 is 19.1 Å². The number of rotatable bonds is 4. The van der Waals surface area contributed by atoms with Gasteiger partial charge in [0.2, 0.25) is 0 Å². The van der Waals surface area contributed by atoms with Crippen LogP contribution in [0.3, 0.4) is 0 Å². The fourth-order valence-electron chi connectivity index (χ4n) is 4.63. The van der Waals surface area contributed by atoms with Crippen LogP contribution in [0.5, 0.6) is 5.75 Å². The fraction of sp³-hybridized carbons (Fsp3) is 0.591. The van der Waals surface area contributed by atoms with E-state index in [0.29, 0.717) is 11.7 Å². The summed E-state index contributed by atoms with van der Waals surface area (Å²) in [7, 11) is 0. The number of likely N-dealkylation sites (tertiary alicyclic amines) is 1. The topological polar surface area (TPSA) is 37.7 Å². The molecule has 164 valence electrons. The molecule has 2 aliphatic heterocycles. The number of carbonyl (C=O) groups is 1. The monoisotopic (exact) mass is 423 g/mol. The number of halogens is 3. The first kappa shape index (κ1) is 21.0. The maximum Gasteiger partial charge on any atom is 0.406 e. The minimum Gasteiger partial charge on any atom is -0.490 e. The number of alkyl halides is 3. The molecule has 3 heterocycles. The molecule has 8 heteroatoms. The number of aromatic nitrogens is 1.